The summed E-state index contributed by atoms with van der Waals surface area (Å²) in [4.78, 5) is 25.7. The molecule has 130 valence electrons. The maximum Gasteiger partial charge on any atom is 0.198 e. The SMILES string of the molecule is C\C=C/C=C\C=C(/C)Nc1ccc(O)c2c1C(=O)c1ccccc1C2=O. The van der Waals surface area contributed by atoms with Crippen molar-refractivity contribution in [1.29, 1.82) is 0 Å². The quantitative estimate of drug-likeness (QED) is 0.535. The molecule has 0 unspecified atom stereocenters. The normalized spacial score (nSPS) is 14.0. The van der Waals surface area contributed by atoms with Crippen LogP contribution in [0.1, 0.15) is 45.7 Å². The number of anilines is 1. The van der Waals surface area contributed by atoms with Crippen molar-refractivity contribution in [3.05, 3.63) is 94.7 Å². The molecule has 0 bridgehead atoms. The predicted molar refractivity (Wildman–Crippen MR) is 103 cm³/mol. The first-order valence-corrected chi connectivity index (χ1v) is 8.32. The van der Waals surface area contributed by atoms with E-state index in [1.165, 1.54) is 6.07 Å². The molecule has 2 N–H and O–H groups in total. The van der Waals surface area contributed by atoms with E-state index in [1.54, 1.807) is 30.3 Å². The van der Waals surface area contributed by atoms with Crippen LogP contribution in [0.15, 0.2) is 72.5 Å². The second kappa shape index (κ2) is 7.23. The summed E-state index contributed by atoms with van der Waals surface area (Å²) in [5.74, 6) is -0.801. The number of carbonyl (C=O) groups is 2. The Bertz CT molecular complexity index is 981. The second-order valence-electron chi connectivity index (χ2n) is 5.97. The lowest BCUT2D eigenvalue weighted by Crippen LogP contribution is -2.22. The highest BCUT2D eigenvalue weighted by Gasteiger charge is 2.33. The molecule has 2 aromatic rings. The molecular weight excluding hydrogens is 326 g/mol. The van der Waals surface area contributed by atoms with E-state index < -0.39 is 0 Å². The highest BCUT2D eigenvalue weighted by Crippen LogP contribution is 2.37. The molecule has 0 spiro atoms. The first-order chi connectivity index (χ1) is 12.5. The van der Waals surface area contributed by atoms with Gasteiger partial charge in [0.05, 0.1) is 16.8 Å². The standard InChI is InChI=1S/C22H19NO3/c1-3-4-5-6-9-14(2)23-17-12-13-18(24)20-19(17)21(25)15-10-7-8-11-16(15)22(20)26/h3-13,23-24H,1-2H3/b4-3-,6-5-,14-9+. The molecule has 0 aliphatic heterocycles. The van der Waals surface area contributed by atoms with Crippen LogP contribution in [0, 0.1) is 0 Å². The van der Waals surface area contributed by atoms with Gasteiger partial charge in [-0.1, -0.05) is 48.6 Å². The van der Waals surface area contributed by atoms with Gasteiger partial charge in [-0.3, -0.25) is 9.59 Å². The fourth-order valence-electron chi connectivity index (χ4n) is 2.94. The lowest BCUT2D eigenvalue weighted by atomic mass is 9.82. The second-order valence-corrected chi connectivity index (χ2v) is 5.97. The Labute approximate surface area is 152 Å². The van der Waals surface area contributed by atoms with E-state index in [0.29, 0.717) is 16.8 Å². The Kier molecular flexibility index (Phi) is 4.85. The molecule has 0 radical (unpaired) electrons. The van der Waals surface area contributed by atoms with Crippen molar-refractivity contribution in [2.45, 2.75) is 13.8 Å². The number of phenols is 1. The van der Waals surface area contributed by atoms with Crippen molar-refractivity contribution in [2.75, 3.05) is 5.32 Å². The Hall–Kier alpha value is -3.40. The van der Waals surface area contributed by atoms with Gasteiger partial charge >= 0.3 is 0 Å². The van der Waals surface area contributed by atoms with Crippen LogP contribution >= 0.6 is 0 Å². The first kappa shape index (κ1) is 17.4. The molecule has 0 fully saturated rings. The van der Waals surface area contributed by atoms with Gasteiger partial charge < -0.3 is 10.4 Å². The number of ketones is 2. The Morgan fingerprint density at radius 2 is 1.58 bits per heavy atom. The number of benzene rings is 2. The van der Waals surface area contributed by atoms with Crippen LogP contribution in [0.4, 0.5) is 5.69 Å². The lowest BCUT2D eigenvalue weighted by Gasteiger charge is -2.21. The minimum absolute atomic E-state index is 0.0518. The van der Waals surface area contributed by atoms with Crippen LogP contribution in [-0.2, 0) is 0 Å². The van der Waals surface area contributed by atoms with Gasteiger partial charge in [0, 0.05) is 16.8 Å². The Balaban J connectivity index is 2.06. The zero-order valence-corrected chi connectivity index (χ0v) is 14.6. The van der Waals surface area contributed by atoms with E-state index in [0.717, 1.165) is 5.70 Å². The van der Waals surface area contributed by atoms with Crippen LogP contribution in [0.5, 0.6) is 5.75 Å². The fraction of sp³-hybridized carbons (Fsp3) is 0.0909. The van der Waals surface area contributed by atoms with Crippen molar-refractivity contribution in [1.82, 2.24) is 0 Å². The smallest absolute Gasteiger partial charge is 0.198 e. The van der Waals surface area contributed by atoms with Crippen molar-refractivity contribution in [3.63, 3.8) is 0 Å². The van der Waals surface area contributed by atoms with Crippen molar-refractivity contribution in [2.24, 2.45) is 0 Å². The molecule has 0 saturated carbocycles. The van der Waals surface area contributed by atoms with Crippen LogP contribution in [0.25, 0.3) is 0 Å². The summed E-state index contributed by atoms with van der Waals surface area (Å²) in [5, 5.41) is 13.4. The van der Waals surface area contributed by atoms with Crippen LogP contribution in [-0.4, -0.2) is 16.7 Å². The summed E-state index contributed by atoms with van der Waals surface area (Å²) >= 11 is 0. The molecule has 0 atom stereocenters. The molecule has 1 aliphatic rings. The number of rotatable bonds is 4. The van der Waals surface area contributed by atoms with Gasteiger partial charge in [-0.15, -0.1) is 0 Å². The van der Waals surface area contributed by atoms with Crippen LogP contribution in [0.3, 0.4) is 0 Å². The summed E-state index contributed by atoms with van der Waals surface area (Å²) in [6, 6.07) is 9.72. The van der Waals surface area contributed by atoms with Crippen molar-refractivity contribution >= 4 is 17.3 Å². The molecule has 3 rings (SSSR count). The predicted octanol–water partition coefficient (Wildman–Crippen LogP) is 4.62. The summed E-state index contributed by atoms with van der Waals surface area (Å²) in [7, 11) is 0. The van der Waals surface area contributed by atoms with Crippen molar-refractivity contribution in [3.8, 4) is 5.75 Å². The number of hydrogen-bond acceptors (Lipinski definition) is 4. The van der Waals surface area contributed by atoms with Gasteiger partial charge in [0.25, 0.3) is 0 Å². The van der Waals surface area contributed by atoms with Gasteiger partial charge in [-0.05, 0) is 32.1 Å². The van der Waals surface area contributed by atoms with E-state index in [1.807, 2.05) is 44.2 Å². The lowest BCUT2D eigenvalue weighted by molar-refractivity contribution is 0.0977. The Morgan fingerprint density at radius 1 is 0.923 bits per heavy atom. The zero-order chi connectivity index (χ0) is 18.7. The summed E-state index contributed by atoms with van der Waals surface area (Å²) in [5.41, 5.74) is 2.23. The van der Waals surface area contributed by atoms with Gasteiger partial charge in [0.2, 0.25) is 0 Å². The molecule has 1 aliphatic carbocycles. The molecule has 0 aromatic heterocycles. The maximum atomic E-state index is 13.0. The number of carbonyl (C=O) groups excluding carboxylic acids is 2. The first-order valence-electron chi connectivity index (χ1n) is 8.32. The number of allylic oxidation sites excluding steroid dienone is 6. The van der Waals surface area contributed by atoms with E-state index >= 15 is 0 Å². The van der Waals surface area contributed by atoms with Crippen LogP contribution < -0.4 is 5.32 Å². The molecule has 0 saturated heterocycles. The fourth-order valence-corrected chi connectivity index (χ4v) is 2.94. The maximum absolute atomic E-state index is 13.0. The third kappa shape index (κ3) is 3.09. The highest BCUT2D eigenvalue weighted by atomic mass is 16.3. The number of aromatic hydroxyl groups is 1. The minimum atomic E-state index is -0.342. The molecule has 0 heterocycles. The third-order valence-electron chi connectivity index (χ3n) is 4.15. The van der Waals surface area contributed by atoms with Crippen molar-refractivity contribution < 1.29 is 14.7 Å². The summed E-state index contributed by atoms with van der Waals surface area (Å²) in [6.07, 6.45) is 9.46. The molecule has 26 heavy (non-hydrogen) atoms. The summed E-state index contributed by atoms with van der Waals surface area (Å²) in [6.45, 7) is 3.80. The van der Waals surface area contributed by atoms with Gasteiger partial charge in [0.1, 0.15) is 5.75 Å². The monoisotopic (exact) mass is 345 g/mol. The van der Waals surface area contributed by atoms with Gasteiger partial charge in [-0.25, -0.2) is 0 Å². The molecule has 4 nitrogen and oxygen atoms in total. The van der Waals surface area contributed by atoms with Gasteiger partial charge in [-0.2, -0.15) is 0 Å². The number of nitrogens with one attached hydrogen (secondary N) is 1. The van der Waals surface area contributed by atoms with E-state index in [4.69, 9.17) is 0 Å². The third-order valence-corrected chi connectivity index (χ3v) is 4.15. The number of phenolic OH excluding ortho intramolecular Hbond substituents is 1. The zero-order valence-electron chi connectivity index (χ0n) is 14.6. The summed E-state index contributed by atoms with van der Waals surface area (Å²) < 4.78 is 0. The number of fused-ring (bicyclic) bond motifs is 2. The average molecular weight is 345 g/mol. The molecule has 4 heteroatoms. The Morgan fingerprint density at radius 3 is 2.23 bits per heavy atom. The number of hydrogen-bond donors (Lipinski definition) is 2. The molecule has 0 amide bonds. The average Bonchev–Trinajstić information content (AvgIpc) is 2.64. The highest BCUT2D eigenvalue weighted by molar-refractivity contribution is 6.31. The molecular formula is C22H19NO3. The minimum Gasteiger partial charge on any atom is -0.507 e. The largest absolute Gasteiger partial charge is 0.507 e. The van der Waals surface area contributed by atoms with E-state index in [9.17, 15) is 14.7 Å². The van der Waals surface area contributed by atoms with E-state index in [2.05, 4.69) is 5.32 Å². The van der Waals surface area contributed by atoms with E-state index in [-0.39, 0.29) is 28.4 Å². The van der Waals surface area contributed by atoms with Gasteiger partial charge in [0.15, 0.2) is 11.6 Å². The molecule has 2 aromatic carbocycles. The van der Waals surface area contributed by atoms with Crippen LogP contribution in [0.2, 0.25) is 0 Å². The topological polar surface area (TPSA) is 66.4 Å².